The number of halogens is 1. The Balaban J connectivity index is 1.72. The maximum absolute atomic E-state index is 12.4. The summed E-state index contributed by atoms with van der Waals surface area (Å²) in [4.78, 5) is 25.8. The minimum Gasteiger partial charge on any atom is -0.355 e. The predicted molar refractivity (Wildman–Crippen MR) is 72.0 cm³/mol. The number of carbonyl (C=O) groups is 2. The van der Waals surface area contributed by atoms with Gasteiger partial charge in [-0.2, -0.15) is 0 Å². The van der Waals surface area contributed by atoms with Crippen molar-refractivity contribution in [2.75, 3.05) is 19.6 Å². The molecule has 1 aromatic carbocycles. The van der Waals surface area contributed by atoms with E-state index >= 15 is 0 Å². The first kappa shape index (κ1) is 12.5. The minimum absolute atomic E-state index is 0.0227. The second kappa shape index (κ2) is 4.85. The Labute approximate surface area is 116 Å². The average molecular weight is 279 g/mol. The topological polar surface area (TPSA) is 49.4 Å². The van der Waals surface area contributed by atoms with Gasteiger partial charge >= 0.3 is 0 Å². The largest absolute Gasteiger partial charge is 0.355 e. The van der Waals surface area contributed by atoms with Gasteiger partial charge in [0.1, 0.15) is 0 Å². The number of amides is 2. The van der Waals surface area contributed by atoms with Crippen molar-refractivity contribution >= 4 is 23.4 Å². The van der Waals surface area contributed by atoms with Crippen LogP contribution in [0.2, 0.25) is 5.02 Å². The second-order valence-corrected chi connectivity index (χ2v) is 5.59. The van der Waals surface area contributed by atoms with Crippen molar-refractivity contribution in [1.82, 2.24) is 10.2 Å². The molecule has 2 saturated heterocycles. The molecule has 0 radical (unpaired) electrons. The van der Waals surface area contributed by atoms with Crippen LogP contribution in [-0.2, 0) is 4.79 Å². The molecule has 2 amide bonds. The average Bonchev–Trinajstić information content (AvgIpc) is 2.80. The van der Waals surface area contributed by atoms with Gasteiger partial charge in [0.2, 0.25) is 5.91 Å². The zero-order valence-electron chi connectivity index (χ0n) is 10.4. The summed E-state index contributed by atoms with van der Waals surface area (Å²) in [6, 6.07) is 6.94. The first-order chi connectivity index (χ1) is 9.15. The smallest absolute Gasteiger partial charge is 0.253 e. The summed E-state index contributed by atoms with van der Waals surface area (Å²) in [5.41, 5.74) is 0.653. The molecule has 19 heavy (non-hydrogen) atoms. The highest BCUT2D eigenvalue weighted by Crippen LogP contribution is 2.28. The van der Waals surface area contributed by atoms with Gasteiger partial charge in [-0.05, 0) is 30.7 Å². The van der Waals surface area contributed by atoms with Crippen LogP contribution in [0.1, 0.15) is 16.8 Å². The summed E-state index contributed by atoms with van der Waals surface area (Å²) in [6.07, 6.45) is 0.760. The van der Waals surface area contributed by atoms with Gasteiger partial charge in [-0.1, -0.05) is 11.6 Å². The van der Waals surface area contributed by atoms with E-state index in [1.807, 2.05) is 4.90 Å². The molecule has 4 nitrogen and oxygen atoms in total. The maximum Gasteiger partial charge on any atom is 0.253 e. The zero-order chi connectivity index (χ0) is 13.4. The molecule has 2 fully saturated rings. The number of nitrogens with one attached hydrogen (secondary N) is 1. The number of hydrogen-bond donors (Lipinski definition) is 1. The summed E-state index contributed by atoms with van der Waals surface area (Å²) in [7, 11) is 0. The van der Waals surface area contributed by atoms with Crippen molar-refractivity contribution in [2.24, 2.45) is 11.8 Å². The third-order valence-electron chi connectivity index (χ3n) is 3.99. The number of piperidine rings is 1. The van der Waals surface area contributed by atoms with E-state index in [9.17, 15) is 9.59 Å². The fraction of sp³-hybridized carbons (Fsp3) is 0.429. The lowest BCUT2D eigenvalue weighted by molar-refractivity contribution is -0.123. The highest BCUT2D eigenvalue weighted by Gasteiger charge is 2.39. The fourth-order valence-electron chi connectivity index (χ4n) is 2.91. The lowest BCUT2D eigenvalue weighted by Crippen LogP contribution is -2.44. The van der Waals surface area contributed by atoms with Crippen molar-refractivity contribution in [1.29, 1.82) is 0 Å². The van der Waals surface area contributed by atoms with E-state index in [1.165, 1.54) is 0 Å². The molecule has 2 atom stereocenters. The van der Waals surface area contributed by atoms with Gasteiger partial charge in [0.05, 0.1) is 0 Å². The molecule has 1 N–H and O–H groups in total. The Morgan fingerprint density at radius 2 is 2.05 bits per heavy atom. The van der Waals surface area contributed by atoms with E-state index in [0.29, 0.717) is 30.2 Å². The maximum atomic E-state index is 12.4. The summed E-state index contributed by atoms with van der Waals surface area (Å²) in [6.45, 7) is 1.99. The number of likely N-dealkylation sites (tertiary alicyclic amines) is 1. The third kappa shape index (κ3) is 2.32. The predicted octanol–water partition coefficient (Wildman–Crippen LogP) is 1.55. The van der Waals surface area contributed by atoms with E-state index in [1.54, 1.807) is 24.3 Å². The molecule has 2 heterocycles. The standard InChI is InChI=1S/C14H15ClN2O2/c15-11-3-1-9(2-4-11)14(19)17-6-5-12-10(8-17)7-16-13(12)18/h1-4,10,12H,5-8H2,(H,16,18)/t10?,12-/m1/s1. The van der Waals surface area contributed by atoms with Crippen LogP contribution in [0.4, 0.5) is 0 Å². The quantitative estimate of drug-likeness (QED) is 0.847. The SMILES string of the molecule is O=C1NCC2CN(C(=O)c3ccc(Cl)cc3)CC[C@@H]12. The molecule has 1 unspecified atom stereocenters. The highest BCUT2D eigenvalue weighted by molar-refractivity contribution is 6.30. The fourth-order valence-corrected chi connectivity index (χ4v) is 3.03. The Bertz CT molecular complexity index is 515. The van der Waals surface area contributed by atoms with Gasteiger partial charge in [0, 0.05) is 42.1 Å². The van der Waals surface area contributed by atoms with Crippen molar-refractivity contribution in [3.63, 3.8) is 0 Å². The summed E-state index contributed by atoms with van der Waals surface area (Å²) in [5, 5.41) is 3.50. The van der Waals surface area contributed by atoms with Gasteiger partial charge in [-0.15, -0.1) is 0 Å². The third-order valence-corrected chi connectivity index (χ3v) is 4.24. The van der Waals surface area contributed by atoms with Crippen LogP contribution in [0.15, 0.2) is 24.3 Å². The summed E-state index contributed by atoms with van der Waals surface area (Å²) in [5.74, 6) is 0.518. The Kier molecular flexibility index (Phi) is 3.19. The van der Waals surface area contributed by atoms with Gasteiger partial charge in [0.25, 0.3) is 5.91 Å². The van der Waals surface area contributed by atoms with Crippen LogP contribution < -0.4 is 5.32 Å². The van der Waals surface area contributed by atoms with Crippen molar-refractivity contribution in [3.05, 3.63) is 34.9 Å². The van der Waals surface area contributed by atoms with E-state index in [2.05, 4.69) is 5.32 Å². The molecular weight excluding hydrogens is 264 g/mol. The number of nitrogens with zero attached hydrogens (tertiary/aromatic N) is 1. The normalized spacial score (nSPS) is 25.9. The van der Waals surface area contributed by atoms with E-state index < -0.39 is 0 Å². The number of benzene rings is 1. The van der Waals surface area contributed by atoms with Crippen LogP contribution in [-0.4, -0.2) is 36.3 Å². The van der Waals surface area contributed by atoms with Crippen molar-refractivity contribution in [3.8, 4) is 0 Å². The number of hydrogen-bond acceptors (Lipinski definition) is 2. The minimum atomic E-state index is 0.0227. The molecule has 0 aliphatic carbocycles. The van der Waals surface area contributed by atoms with Gasteiger partial charge in [0.15, 0.2) is 0 Å². The highest BCUT2D eigenvalue weighted by atomic mass is 35.5. The van der Waals surface area contributed by atoms with Crippen LogP contribution in [0, 0.1) is 11.8 Å². The zero-order valence-corrected chi connectivity index (χ0v) is 11.2. The monoisotopic (exact) mass is 278 g/mol. The van der Waals surface area contributed by atoms with Gasteiger partial charge < -0.3 is 10.2 Å². The van der Waals surface area contributed by atoms with E-state index in [-0.39, 0.29) is 23.7 Å². The van der Waals surface area contributed by atoms with Crippen LogP contribution in [0.3, 0.4) is 0 Å². The first-order valence-electron chi connectivity index (χ1n) is 6.47. The van der Waals surface area contributed by atoms with Crippen molar-refractivity contribution < 1.29 is 9.59 Å². The molecule has 100 valence electrons. The molecule has 2 aliphatic heterocycles. The molecule has 2 aliphatic rings. The molecule has 1 aromatic rings. The van der Waals surface area contributed by atoms with Gasteiger partial charge in [-0.3, -0.25) is 9.59 Å². The summed E-state index contributed by atoms with van der Waals surface area (Å²) < 4.78 is 0. The summed E-state index contributed by atoms with van der Waals surface area (Å²) >= 11 is 5.82. The lowest BCUT2D eigenvalue weighted by Gasteiger charge is -2.33. The molecule has 0 saturated carbocycles. The number of fused-ring (bicyclic) bond motifs is 1. The second-order valence-electron chi connectivity index (χ2n) is 5.16. The molecule has 0 aromatic heterocycles. The molecule has 3 rings (SSSR count). The molecule has 5 heteroatoms. The first-order valence-corrected chi connectivity index (χ1v) is 6.85. The molecular formula is C14H15ClN2O2. The Hall–Kier alpha value is -1.55. The van der Waals surface area contributed by atoms with E-state index in [4.69, 9.17) is 11.6 Å². The Morgan fingerprint density at radius 3 is 2.79 bits per heavy atom. The van der Waals surface area contributed by atoms with Crippen LogP contribution in [0.25, 0.3) is 0 Å². The van der Waals surface area contributed by atoms with E-state index in [0.717, 1.165) is 6.42 Å². The molecule has 0 spiro atoms. The van der Waals surface area contributed by atoms with Crippen LogP contribution >= 0.6 is 11.6 Å². The van der Waals surface area contributed by atoms with Crippen LogP contribution in [0.5, 0.6) is 0 Å². The van der Waals surface area contributed by atoms with Gasteiger partial charge in [-0.25, -0.2) is 0 Å². The van der Waals surface area contributed by atoms with Crippen molar-refractivity contribution in [2.45, 2.75) is 6.42 Å². The Morgan fingerprint density at radius 1 is 1.32 bits per heavy atom. The number of rotatable bonds is 1. The number of carbonyl (C=O) groups excluding carboxylic acids is 2. The lowest BCUT2D eigenvalue weighted by atomic mass is 9.88. The molecule has 0 bridgehead atoms.